The lowest BCUT2D eigenvalue weighted by atomic mass is 10.0. The van der Waals surface area contributed by atoms with Gasteiger partial charge in [0, 0.05) is 19.1 Å². The van der Waals surface area contributed by atoms with E-state index in [0.717, 1.165) is 31.1 Å². The quantitative estimate of drug-likeness (QED) is 0.703. The molecule has 1 aromatic rings. The van der Waals surface area contributed by atoms with E-state index in [2.05, 4.69) is 10.2 Å². The molecule has 2 rings (SSSR count). The molecule has 1 fully saturated rings. The first kappa shape index (κ1) is 8.41. The maximum atomic E-state index is 5.69. The lowest BCUT2D eigenvalue weighted by Gasteiger charge is -2.18. The summed E-state index contributed by atoms with van der Waals surface area (Å²) < 4.78 is 5.79. The smallest absolute Gasteiger partial charge is 0.207 e. The minimum Gasteiger partial charge on any atom is -0.381 e. The Bertz CT molecular complexity index is 260. The van der Waals surface area contributed by atoms with Crippen molar-refractivity contribution in [2.24, 2.45) is 0 Å². The molecule has 2 heterocycles. The summed E-state index contributed by atoms with van der Waals surface area (Å²) >= 11 is 7.18. The predicted octanol–water partition coefficient (Wildman–Crippen LogP) is 2.09. The van der Waals surface area contributed by atoms with Crippen molar-refractivity contribution < 1.29 is 4.74 Å². The third-order valence-corrected chi connectivity index (χ3v) is 3.17. The Morgan fingerprint density at radius 1 is 1.33 bits per heavy atom. The van der Waals surface area contributed by atoms with Crippen LogP contribution < -0.4 is 0 Å². The number of aromatic nitrogens is 2. The van der Waals surface area contributed by atoms with E-state index in [1.165, 1.54) is 11.3 Å². The van der Waals surface area contributed by atoms with Gasteiger partial charge >= 0.3 is 0 Å². The van der Waals surface area contributed by atoms with Crippen LogP contribution in [0.1, 0.15) is 23.8 Å². The molecule has 0 aromatic carbocycles. The summed E-state index contributed by atoms with van der Waals surface area (Å²) in [6.45, 7) is 1.67. The van der Waals surface area contributed by atoms with Crippen molar-refractivity contribution in [3.05, 3.63) is 9.47 Å². The van der Waals surface area contributed by atoms with Gasteiger partial charge in [0.15, 0.2) is 0 Å². The number of hydrogen-bond acceptors (Lipinski definition) is 4. The van der Waals surface area contributed by atoms with E-state index < -0.39 is 0 Å². The van der Waals surface area contributed by atoms with Gasteiger partial charge in [-0.15, -0.1) is 10.2 Å². The molecule has 0 bridgehead atoms. The van der Waals surface area contributed by atoms with Crippen molar-refractivity contribution >= 4 is 22.9 Å². The van der Waals surface area contributed by atoms with Crippen LogP contribution in [0.15, 0.2) is 0 Å². The van der Waals surface area contributed by atoms with E-state index in [1.807, 2.05) is 0 Å². The van der Waals surface area contributed by atoms with Gasteiger partial charge in [0.2, 0.25) is 4.47 Å². The molecule has 1 aromatic heterocycles. The fraction of sp³-hybridized carbons (Fsp3) is 0.714. The molecule has 0 amide bonds. The zero-order valence-corrected chi connectivity index (χ0v) is 8.07. The van der Waals surface area contributed by atoms with Crippen molar-refractivity contribution in [2.75, 3.05) is 13.2 Å². The van der Waals surface area contributed by atoms with Gasteiger partial charge in [-0.05, 0) is 24.4 Å². The fourth-order valence-electron chi connectivity index (χ4n) is 1.33. The molecular weight excluding hydrogens is 196 g/mol. The highest BCUT2D eigenvalue weighted by Crippen LogP contribution is 2.30. The van der Waals surface area contributed by atoms with Crippen LogP contribution in [0, 0.1) is 0 Å². The monoisotopic (exact) mass is 204 g/mol. The number of hydrogen-bond donors (Lipinski definition) is 0. The second kappa shape index (κ2) is 3.68. The molecule has 0 spiro atoms. The molecule has 12 heavy (non-hydrogen) atoms. The van der Waals surface area contributed by atoms with Gasteiger partial charge in [-0.2, -0.15) is 0 Å². The third kappa shape index (κ3) is 1.76. The molecule has 0 radical (unpaired) electrons. The summed E-state index contributed by atoms with van der Waals surface area (Å²) in [6, 6.07) is 0. The average molecular weight is 205 g/mol. The molecule has 1 aliphatic heterocycles. The average Bonchev–Trinajstić information content (AvgIpc) is 2.54. The standard InChI is InChI=1S/C7H9ClN2OS/c8-7-10-9-6(12-7)5-1-3-11-4-2-5/h5H,1-4H2. The highest BCUT2D eigenvalue weighted by Gasteiger charge is 2.19. The first-order chi connectivity index (χ1) is 5.86. The maximum absolute atomic E-state index is 5.69. The van der Waals surface area contributed by atoms with Crippen LogP contribution in [0.2, 0.25) is 4.47 Å². The van der Waals surface area contributed by atoms with Crippen LogP contribution in [-0.4, -0.2) is 23.4 Å². The second-order valence-corrected chi connectivity index (χ2v) is 4.37. The maximum Gasteiger partial charge on any atom is 0.207 e. The van der Waals surface area contributed by atoms with Crippen molar-refractivity contribution in [3.8, 4) is 0 Å². The van der Waals surface area contributed by atoms with Gasteiger partial charge in [0.25, 0.3) is 0 Å². The Morgan fingerprint density at radius 2 is 2.08 bits per heavy atom. The summed E-state index contributed by atoms with van der Waals surface area (Å²) in [5.74, 6) is 0.517. The third-order valence-electron chi connectivity index (χ3n) is 1.99. The van der Waals surface area contributed by atoms with Gasteiger partial charge in [0.05, 0.1) is 0 Å². The second-order valence-electron chi connectivity index (χ2n) is 2.78. The number of nitrogens with zero attached hydrogens (tertiary/aromatic N) is 2. The van der Waals surface area contributed by atoms with E-state index in [-0.39, 0.29) is 0 Å². The molecule has 5 heteroatoms. The molecule has 0 saturated carbocycles. The Morgan fingerprint density at radius 3 is 2.67 bits per heavy atom. The minimum atomic E-state index is 0.517. The molecule has 0 unspecified atom stereocenters. The highest BCUT2D eigenvalue weighted by atomic mass is 35.5. The zero-order chi connectivity index (χ0) is 8.39. The summed E-state index contributed by atoms with van der Waals surface area (Å²) in [4.78, 5) is 0. The van der Waals surface area contributed by atoms with E-state index in [4.69, 9.17) is 16.3 Å². The Labute approximate surface area is 79.7 Å². The fourth-order valence-corrected chi connectivity index (χ4v) is 2.34. The number of halogens is 1. The van der Waals surface area contributed by atoms with E-state index in [0.29, 0.717) is 10.4 Å². The first-order valence-corrected chi connectivity index (χ1v) is 5.12. The normalized spacial score (nSPS) is 19.8. The van der Waals surface area contributed by atoms with Gasteiger partial charge < -0.3 is 4.74 Å². The topological polar surface area (TPSA) is 35.0 Å². The molecule has 0 N–H and O–H groups in total. The molecule has 3 nitrogen and oxygen atoms in total. The van der Waals surface area contributed by atoms with Crippen molar-refractivity contribution in [1.29, 1.82) is 0 Å². The van der Waals surface area contributed by atoms with E-state index >= 15 is 0 Å². The van der Waals surface area contributed by atoms with Crippen LogP contribution in [0.4, 0.5) is 0 Å². The van der Waals surface area contributed by atoms with E-state index in [1.54, 1.807) is 0 Å². The Kier molecular flexibility index (Phi) is 2.58. The van der Waals surface area contributed by atoms with Crippen LogP contribution in [0.5, 0.6) is 0 Å². The number of ether oxygens (including phenoxy) is 1. The van der Waals surface area contributed by atoms with Crippen LogP contribution >= 0.6 is 22.9 Å². The lowest BCUT2D eigenvalue weighted by Crippen LogP contribution is -2.13. The summed E-state index contributed by atoms with van der Waals surface area (Å²) in [7, 11) is 0. The number of rotatable bonds is 1. The van der Waals surface area contributed by atoms with Crippen LogP contribution in [0.3, 0.4) is 0 Å². The molecular formula is C7H9ClN2OS. The lowest BCUT2D eigenvalue weighted by molar-refractivity contribution is 0.0851. The highest BCUT2D eigenvalue weighted by molar-refractivity contribution is 7.15. The molecule has 1 saturated heterocycles. The van der Waals surface area contributed by atoms with Gasteiger partial charge in [0.1, 0.15) is 5.01 Å². The van der Waals surface area contributed by atoms with Crippen LogP contribution in [0.25, 0.3) is 0 Å². The molecule has 1 aliphatic rings. The Balaban J connectivity index is 2.08. The largest absolute Gasteiger partial charge is 0.381 e. The van der Waals surface area contributed by atoms with Crippen LogP contribution in [-0.2, 0) is 4.74 Å². The SMILES string of the molecule is Clc1nnc(C2CCOCC2)s1. The minimum absolute atomic E-state index is 0.517. The van der Waals surface area contributed by atoms with Gasteiger partial charge in [-0.25, -0.2) is 0 Å². The summed E-state index contributed by atoms with van der Waals surface area (Å²) in [5, 5.41) is 8.86. The Hall–Kier alpha value is -0.190. The first-order valence-electron chi connectivity index (χ1n) is 3.93. The van der Waals surface area contributed by atoms with E-state index in [9.17, 15) is 0 Å². The summed E-state index contributed by atoms with van der Waals surface area (Å²) in [5.41, 5.74) is 0. The molecule has 66 valence electrons. The van der Waals surface area contributed by atoms with Crippen molar-refractivity contribution in [2.45, 2.75) is 18.8 Å². The van der Waals surface area contributed by atoms with Crippen molar-refractivity contribution in [1.82, 2.24) is 10.2 Å². The van der Waals surface area contributed by atoms with Gasteiger partial charge in [-0.3, -0.25) is 0 Å². The molecule has 0 aliphatic carbocycles. The zero-order valence-electron chi connectivity index (χ0n) is 6.49. The van der Waals surface area contributed by atoms with Crippen molar-refractivity contribution in [3.63, 3.8) is 0 Å². The summed E-state index contributed by atoms with van der Waals surface area (Å²) in [6.07, 6.45) is 2.09. The molecule has 0 atom stereocenters. The predicted molar refractivity (Wildman–Crippen MR) is 47.7 cm³/mol. The van der Waals surface area contributed by atoms with Gasteiger partial charge in [-0.1, -0.05) is 11.3 Å².